The van der Waals surface area contributed by atoms with Crippen molar-refractivity contribution < 1.29 is 42.6 Å². The number of ether oxygens (including phenoxy) is 3. The molecule has 1 N–H and O–H groups in total. The molecule has 0 bridgehead atoms. The molecule has 1 heterocycles. The van der Waals surface area contributed by atoms with Gasteiger partial charge < -0.3 is 19.3 Å². The van der Waals surface area contributed by atoms with Gasteiger partial charge in [0.05, 0.1) is 31.9 Å². The van der Waals surface area contributed by atoms with Crippen LogP contribution in [0, 0.1) is 5.82 Å². The third kappa shape index (κ3) is 7.19. The number of quaternary nitrogens is 1. The Morgan fingerprint density at radius 1 is 1.14 bits per heavy atom. The number of halogens is 1. The summed E-state index contributed by atoms with van der Waals surface area (Å²) < 4.78 is 29.7. The largest absolute Gasteiger partial charge is 0.513 e. The van der Waals surface area contributed by atoms with Crippen LogP contribution in [0.4, 0.5) is 14.0 Å². The van der Waals surface area contributed by atoms with Gasteiger partial charge in [0.25, 0.3) is 0 Å². The molecule has 2 amide bonds. The summed E-state index contributed by atoms with van der Waals surface area (Å²) in [6, 6.07) is 12.6. The zero-order chi connectivity index (χ0) is 27.2. The van der Waals surface area contributed by atoms with Crippen molar-refractivity contribution in [1.82, 2.24) is 4.90 Å². The lowest BCUT2D eigenvalue weighted by molar-refractivity contribution is -0.878. The number of esters is 1. The average Bonchev–Trinajstić information content (AvgIpc) is 2.84. The van der Waals surface area contributed by atoms with Gasteiger partial charge in [-0.1, -0.05) is 30.3 Å². The van der Waals surface area contributed by atoms with Gasteiger partial charge in [-0.2, -0.15) is 4.79 Å². The number of carbonyl (C=O) groups excluding carboxylic acids is 2. The molecule has 1 saturated heterocycles. The Bertz CT molecular complexity index is 1120. The Morgan fingerprint density at radius 2 is 1.84 bits per heavy atom. The Morgan fingerprint density at radius 3 is 2.46 bits per heavy atom. The van der Waals surface area contributed by atoms with Crippen LogP contribution in [0.15, 0.2) is 48.5 Å². The smallest absolute Gasteiger partial charge is 0.493 e. The van der Waals surface area contributed by atoms with E-state index in [1.807, 2.05) is 30.3 Å². The van der Waals surface area contributed by atoms with Crippen LogP contribution >= 0.6 is 0 Å². The minimum absolute atomic E-state index is 0.0984. The number of hydrogen-bond donors (Lipinski definition) is 1. The lowest BCUT2D eigenvalue weighted by atomic mass is 10.0. The van der Waals surface area contributed by atoms with E-state index in [4.69, 9.17) is 9.47 Å². The highest BCUT2D eigenvalue weighted by Crippen LogP contribution is 2.27. The Labute approximate surface area is 215 Å². The van der Waals surface area contributed by atoms with E-state index in [9.17, 15) is 23.9 Å². The summed E-state index contributed by atoms with van der Waals surface area (Å²) in [4.78, 5) is 38.9. The monoisotopic (exact) mass is 517 g/mol. The van der Waals surface area contributed by atoms with Gasteiger partial charge >= 0.3 is 18.2 Å². The number of hydrogen-bond acceptors (Lipinski definition) is 6. The van der Waals surface area contributed by atoms with Gasteiger partial charge in [-0.3, -0.25) is 4.90 Å². The Balaban J connectivity index is 1.80. The van der Waals surface area contributed by atoms with Crippen LogP contribution in [0.25, 0.3) is 0 Å². The molecule has 0 aliphatic carbocycles. The zero-order valence-corrected chi connectivity index (χ0v) is 21.6. The second-order valence-corrected chi connectivity index (χ2v) is 10.1. The van der Waals surface area contributed by atoms with Crippen LogP contribution in [0.3, 0.4) is 0 Å². The minimum Gasteiger partial charge on any atom is -0.493 e. The Hall–Kier alpha value is -3.66. The van der Waals surface area contributed by atoms with Gasteiger partial charge in [0.2, 0.25) is 0 Å². The van der Waals surface area contributed by atoms with E-state index in [0.29, 0.717) is 6.42 Å². The lowest BCUT2D eigenvalue weighted by Crippen LogP contribution is -2.66. The fourth-order valence-corrected chi connectivity index (χ4v) is 4.37. The highest BCUT2D eigenvalue weighted by Gasteiger charge is 2.47. The van der Waals surface area contributed by atoms with E-state index in [1.165, 1.54) is 12.1 Å². The molecule has 0 spiro atoms. The number of piperazine rings is 1. The molecular weight excluding hydrogens is 483 g/mol. The molecule has 3 rings (SSSR count). The fourth-order valence-electron chi connectivity index (χ4n) is 4.37. The molecule has 1 aliphatic heterocycles. The van der Waals surface area contributed by atoms with Crippen LogP contribution in [-0.4, -0.2) is 77.6 Å². The maximum absolute atomic E-state index is 14.0. The molecule has 0 aromatic heterocycles. The molecule has 2 aromatic carbocycles. The summed E-state index contributed by atoms with van der Waals surface area (Å²) in [7, 11) is 1.16. The molecule has 2 atom stereocenters. The van der Waals surface area contributed by atoms with Crippen molar-refractivity contribution >= 4 is 18.2 Å². The molecule has 2 aromatic rings. The van der Waals surface area contributed by atoms with Gasteiger partial charge in [0, 0.05) is 12.0 Å². The number of nitrogens with zero attached hydrogens (tertiary/aromatic N) is 2. The molecular formula is C27H34FN2O7+. The summed E-state index contributed by atoms with van der Waals surface area (Å²) >= 11 is 0. The molecule has 200 valence electrons. The number of methoxy groups -OCH3 is 1. The van der Waals surface area contributed by atoms with Crippen molar-refractivity contribution in [3.63, 3.8) is 0 Å². The van der Waals surface area contributed by atoms with E-state index >= 15 is 0 Å². The quantitative estimate of drug-likeness (QED) is 0.420. The first-order chi connectivity index (χ1) is 17.4. The molecule has 0 radical (unpaired) electrons. The van der Waals surface area contributed by atoms with Crippen molar-refractivity contribution in [2.24, 2.45) is 0 Å². The Kier molecular flexibility index (Phi) is 8.75. The third-order valence-corrected chi connectivity index (χ3v) is 6.19. The van der Waals surface area contributed by atoms with Crippen molar-refractivity contribution in [3.8, 4) is 5.75 Å². The molecule has 0 saturated carbocycles. The third-order valence-electron chi connectivity index (χ3n) is 6.19. The van der Waals surface area contributed by atoms with Crippen molar-refractivity contribution in [2.45, 2.75) is 45.4 Å². The van der Waals surface area contributed by atoms with Crippen LogP contribution in [0.1, 0.15) is 43.1 Å². The first kappa shape index (κ1) is 27.9. The first-order valence-electron chi connectivity index (χ1n) is 12.1. The summed E-state index contributed by atoms with van der Waals surface area (Å²) in [6.45, 7) is 6.26. The second-order valence-electron chi connectivity index (χ2n) is 10.1. The zero-order valence-electron chi connectivity index (χ0n) is 21.6. The van der Waals surface area contributed by atoms with Crippen LogP contribution in [0.2, 0.25) is 0 Å². The predicted molar refractivity (Wildman–Crippen MR) is 133 cm³/mol. The van der Waals surface area contributed by atoms with Crippen molar-refractivity contribution in [2.75, 3.05) is 33.4 Å². The van der Waals surface area contributed by atoms with Gasteiger partial charge in [-0.25, -0.2) is 18.5 Å². The normalized spacial score (nSPS) is 19.7. The van der Waals surface area contributed by atoms with E-state index in [1.54, 1.807) is 25.7 Å². The SMILES string of the molecule is COC(=O)c1cc(OCC[C@@H]2C[N+](Cc3ccccc3)(C(=O)O)CCN2C(=O)OC(C)(C)C)ccc1F. The fraction of sp³-hybridized carbons (Fsp3) is 0.444. The van der Waals surface area contributed by atoms with Crippen LogP contribution in [-0.2, 0) is 16.0 Å². The lowest BCUT2D eigenvalue weighted by Gasteiger charge is -2.45. The van der Waals surface area contributed by atoms with Gasteiger partial charge in [0.1, 0.15) is 36.8 Å². The molecule has 9 nitrogen and oxygen atoms in total. The second kappa shape index (κ2) is 11.6. The summed E-state index contributed by atoms with van der Waals surface area (Å²) in [5.74, 6) is -1.30. The maximum atomic E-state index is 14.0. The van der Waals surface area contributed by atoms with Gasteiger partial charge in [0.15, 0.2) is 0 Å². The highest BCUT2D eigenvalue weighted by atomic mass is 19.1. The van der Waals surface area contributed by atoms with E-state index in [-0.39, 0.29) is 48.6 Å². The number of carboxylic acid groups (broad SMARTS) is 1. The molecule has 10 heteroatoms. The summed E-state index contributed by atoms with van der Waals surface area (Å²) in [5, 5.41) is 10.2. The number of rotatable bonds is 7. The molecule has 1 fully saturated rings. The van der Waals surface area contributed by atoms with E-state index in [2.05, 4.69) is 4.74 Å². The van der Waals surface area contributed by atoms with Crippen molar-refractivity contribution in [3.05, 3.63) is 65.5 Å². The van der Waals surface area contributed by atoms with Crippen molar-refractivity contribution in [1.29, 1.82) is 0 Å². The topological polar surface area (TPSA) is 102 Å². The molecule has 1 unspecified atom stereocenters. The molecule has 37 heavy (non-hydrogen) atoms. The maximum Gasteiger partial charge on any atom is 0.513 e. The number of benzene rings is 2. The predicted octanol–water partition coefficient (Wildman–Crippen LogP) is 4.70. The summed E-state index contributed by atoms with van der Waals surface area (Å²) in [6.07, 6.45) is -1.19. The van der Waals surface area contributed by atoms with Gasteiger partial charge in [-0.15, -0.1) is 0 Å². The number of carbonyl (C=O) groups is 3. The van der Waals surface area contributed by atoms with E-state index < -0.39 is 35.6 Å². The highest BCUT2D eigenvalue weighted by molar-refractivity contribution is 5.90. The van der Waals surface area contributed by atoms with Crippen LogP contribution < -0.4 is 4.74 Å². The van der Waals surface area contributed by atoms with E-state index in [0.717, 1.165) is 18.7 Å². The van der Waals surface area contributed by atoms with Gasteiger partial charge in [-0.05, 0) is 39.0 Å². The minimum atomic E-state index is -0.972. The number of amides is 2. The molecule has 1 aliphatic rings. The standard InChI is InChI=1S/C27H33FN2O7/c1-27(2,3)37-25(32)29-13-14-30(26(33)34,17-19-8-6-5-7-9-19)18-20(29)12-15-36-21-10-11-23(28)22(16-21)24(31)35-4/h5-11,16,20H,12-15,17-18H2,1-4H3/p+1/t20-,30?/m1/s1. The van der Waals surface area contributed by atoms with Crippen LogP contribution in [0.5, 0.6) is 5.75 Å². The average molecular weight is 518 g/mol. The first-order valence-corrected chi connectivity index (χ1v) is 12.1. The summed E-state index contributed by atoms with van der Waals surface area (Å²) in [5.41, 5.74) is -0.0822.